The molecule has 0 aromatic rings. The number of fused-ring (bicyclic) bond motifs is 2. The number of nitrogens with one attached hydrogen (secondary N) is 1. The number of hydrogen-bond acceptors (Lipinski definition) is 2. The molecule has 2 aliphatic carbocycles. The lowest BCUT2D eigenvalue weighted by atomic mass is 9.82. The number of carboxylic acids is 1. The minimum absolute atomic E-state index is 0.0425. The summed E-state index contributed by atoms with van der Waals surface area (Å²) in [5.74, 6) is -1.69. The Bertz CT molecular complexity index is 408. The fraction of sp³-hybridized carbons (Fsp3) is 0.733. The predicted molar refractivity (Wildman–Crippen MR) is 72.4 cm³/mol. The molecule has 1 saturated carbocycles. The van der Waals surface area contributed by atoms with Gasteiger partial charge in [-0.2, -0.15) is 0 Å². The molecule has 19 heavy (non-hydrogen) atoms. The van der Waals surface area contributed by atoms with Gasteiger partial charge in [0.05, 0.1) is 11.8 Å². The molecule has 2 N–H and O–H groups in total. The Hall–Kier alpha value is -1.32. The number of amides is 1. The zero-order chi connectivity index (χ0) is 14.2. The second kappa shape index (κ2) is 4.99. The average molecular weight is 265 g/mol. The first-order valence-corrected chi connectivity index (χ1v) is 6.98. The second-order valence-corrected chi connectivity index (χ2v) is 6.94. The lowest BCUT2D eigenvalue weighted by Gasteiger charge is -2.25. The van der Waals surface area contributed by atoms with Gasteiger partial charge in [-0.05, 0) is 30.1 Å². The molecule has 0 radical (unpaired) electrons. The Morgan fingerprint density at radius 2 is 1.79 bits per heavy atom. The highest BCUT2D eigenvalue weighted by Crippen LogP contribution is 2.48. The molecule has 2 bridgehead atoms. The molecule has 4 unspecified atom stereocenters. The van der Waals surface area contributed by atoms with E-state index < -0.39 is 11.9 Å². The number of carbonyl (C=O) groups is 2. The zero-order valence-electron chi connectivity index (χ0n) is 11.8. The van der Waals surface area contributed by atoms with Crippen molar-refractivity contribution in [2.75, 3.05) is 6.54 Å². The van der Waals surface area contributed by atoms with E-state index in [9.17, 15) is 14.7 Å². The summed E-state index contributed by atoms with van der Waals surface area (Å²) in [5, 5.41) is 12.2. The van der Waals surface area contributed by atoms with E-state index in [1.165, 1.54) is 0 Å². The molecule has 4 atom stereocenters. The van der Waals surface area contributed by atoms with Gasteiger partial charge in [0.25, 0.3) is 0 Å². The van der Waals surface area contributed by atoms with E-state index in [0.717, 1.165) is 12.8 Å². The van der Waals surface area contributed by atoms with Crippen molar-refractivity contribution in [3.05, 3.63) is 12.2 Å². The van der Waals surface area contributed by atoms with Crippen molar-refractivity contribution in [2.45, 2.75) is 33.6 Å². The van der Waals surface area contributed by atoms with Crippen molar-refractivity contribution >= 4 is 11.9 Å². The van der Waals surface area contributed by atoms with Gasteiger partial charge in [0, 0.05) is 6.54 Å². The number of carboxylic acid groups (broad SMARTS) is 1. The van der Waals surface area contributed by atoms with E-state index >= 15 is 0 Å². The van der Waals surface area contributed by atoms with Gasteiger partial charge in [-0.15, -0.1) is 0 Å². The van der Waals surface area contributed by atoms with Gasteiger partial charge in [0.15, 0.2) is 0 Å². The third-order valence-electron chi connectivity index (χ3n) is 4.22. The molecule has 1 amide bonds. The van der Waals surface area contributed by atoms with Gasteiger partial charge in [0.2, 0.25) is 5.91 Å². The largest absolute Gasteiger partial charge is 0.481 e. The monoisotopic (exact) mass is 265 g/mol. The average Bonchev–Trinajstić information content (AvgIpc) is 2.85. The zero-order valence-corrected chi connectivity index (χ0v) is 11.8. The molecule has 4 nitrogen and oxygen atoms in total. The first kappa shape index (κ1) is 14.1. The Morgan fingerprint density at radius 1 is 1.21 bits per heavy atom. The van der Waals surface area contributed by atoms with E-state index in [1.54, 1.807) is 0 Å². The first-order valence-electron chi connectivity index (χ1n) is 6.98. The van der Waals surface area contributed by atoms with Gasteiger partial charge in [0.1, 0.15) is 0 Å². The molecular formula is C15H23NO3. The van der Waals surface area contributed by atoms with Crippen LogP contribution in [-0.4, -0.2) is 23.5 Å². The third kappa shape index (κ3) is 2.99. The summed E-state index contributed by atoms with van der Waals surface area (Å²) >= 11 is 0. The van der Waals surface area contributed by atoms with Crippen LogP contribution in [0, 0.1) is 29.1 Å². The predicted octanol–water partition coefficient (Wildman–Crippen LogP) is 2.06. The molecule has 4 heteroatoms. The molecule has 0 aromatic heterocycles. The Balaban J connectivity index is 1.95. The maximum absolute atomic E-state index is 12.2. The van der Waals surface area contributed by atoms with Crippen molar-refractivity contribution in [3.8, 4) is 0 Å². The molecule has 2 aliphatic rings. The number of allylic oxidation sites excluding steroid dienone is 2. The van der Waals surface area contributed by atoms with Crippen LogP contribution in [0.15, 0.2) is 12.2 Å². The summed E-state index contributed by atoms with van der Waals surface area (Å²) in [6.07, 6.45) is 5.68. The highest BCUT2D eigenvalue weighted by Gasteiger charge is 2.51. The summed E-state index contributed by atoms with van der Waals surface area (Å²) in [4.78, 5) is 23.6. The van der Waals surface area contributed by atoms with Crippen molar-refractivity contribution < 1.29 is 14.7 Å². The maximum Gasteiger partial charge on any atom is 0.307 e. The van der Waals surface area contributed by atoms with Gasteiger partial charge in [-0.1, -0.05) is 32.9 Å². The second-order valence-electron chi connectivity index (χ2n) is 6.94. The van der Waals surface area contributed by atoms with E-state index in [0.29, 0.717) is 6.54 Å². The van der Waals surface area contributed by atoms with Gasteiger partial charge < -0.3 is 10.4 Å². The quantitative estimate of drug-likeness (QED) is 0.765. The van der Waals surface area contributed by atoms with Crippen molar-refractivity contribution in [2.24, 2.45) is 29.1 Å². The molecule has 0 spiro atoms. The Labute approximate surface area is 114 Å². The molecule has 0 saturated heterocycles. The molecule has 106 valence electrons. The number of rotatable bonds is 4. The van der Waals surface area contributed by atoms with Crippen LogP contribution in [0.1, 0.15) is 33.6 Å². The van der Waals surface area contributed by atoms with E-state index in [-0.39, 0.29) is 29.1 Å². The normalized spacial score (nSPS) is 32.6. The standard InChI is InChI=1S/C15H23NO3/c1-15(2,3)6-7-16-13(17)11-9-4-5-10(8-9)12(11)14(18)19/h4-5,9-12H,6-8H2,1-3H3,(H,16,17)(H,18,19). The van der Waals surface area contributed by atoms with E-state index in [4.69, 9.17) is 0 Å². The summed E-state index contributed by atoms with van der Waals surface area (Å²) in [6, 6.07) is 0. The maximum atomic E-state index is 12.2. The number of carbonyl (C=O) groups excluding carboxylic acids is 1. The van der Waals surface area contributed by atoms with Gasteiger partial charge >= 0.3 is 5.97 Å². The molecular weight excluding hydrogens is 242 g/mol. The summed E-state index contributed by atoms with van der Waals surface area (Å²) < 4.78 is 0. The lowest BCUT2D eigenvalue weighted by Crippen LogP contribution is -2.41. The first-order chi connectivity index (χ1) is 8.79. The van der Waals surface area contributed by atoms with Crippen molar-refractivity contribution in [1.82, 2.24) is 5.32 Å². The molecule has 1 fully saturated rings. The van der Waals surface area contributed by atoms with Crippen LogP contribution in [-0.2, 0) is 9.59 Å². The van der Waals surface area contributed by atoms with Gasteiger partial charge in [-0.3, -0.25) is 9.59 Å². The van der Waals surface area contributed by atoms with Crippen molar-refractivity contribution in [1.29, 1.82) is 0 Å². The van der Waals surface area contributed by atoms with Crippen LogP contribution in [0.4, 0.5) is 0 Å². The van der Waals surface area contributed by atoms with Crippen LogP contribution in [0.5, 0.6) is 0 Å². The molecule has 0 aromatic carbocycles. The summed E-state index contributed by atoms with van der Waals surface area (Å²) in [7, 11) is 0. The molecule has 2 rings (SSSR count). The number of hydrogen-bond donors (Lipinski definition) is 2. The fourth-order valence-electron chi connectivity index (χ4n) is 3.19. The fourth-order valence-corrected chi connectivity index (χ4v) is 3.19. The van der Waals surface area contributed by atoms with Crippen LogP contribution in [0.3, 0.4) is 0 Å². The van der Waals surface area contributed by atoms with Gasteiger partial charge in [-0.25, -0.2) is 0 Å². The van der Waals surface area contributed by atoms with Crippen LogP contribution >= 0.6 is 0 Å². The SMILES string of the molecule is CC(C)(C)CCNC(=O)C1C2C=CC(C2)C1C(=O)O. The number of aliphatic carboxylic acids is 1. The van der Waals surface area contributed by atoms with E-state index in [2.05, 4.69) is 26.1 Å². The van der Waals surface area contributed by atoms with Crippen LogP contribution in [0.25, 0.3) is 0 Å². The Kier molecular flexibility index (Phi) is 3.70. The summed E-state index contributed by atoms with van der Waals surface area (Å²) in [5.41, 5.74) is 0.175. The highest BCUT2D eigenvalue weighted by molar-refractivity contribution is 5.86. The molecule has 0 aliphatic heterocycles. The van der Waals surface area contributed by atoms with Crippen LogP contribution < -0.4 is 5.32 Å². The lowest BCUT2D eigenvalue weighted by molar-refractivity contribution is -0.147. The minimum Gasteiger partial charge on any atom is -0.481 e. The summed E-state index contributed by atoms with van der Waals surface area (Å²) in [6.45, 7) is 6.99. The smallest absolute Gasteiger partial charge is 0.307 e. The van der Waals surface area contributed by atoms with Crippen LogP contribution in [0.2, 0.25) is 0 Å². The third-order valence-corrected chi connectivity index (χ3v) is 4.22. The topological polar surface area (TPSA) is 66.4 Å². The minimum atomic E-state index is -0.840. The van der Waals surface area contributed by atoms with Crippen molar-refractivity contribution in [3.63, 3.8) is 0 Å². The Morgan fingerprint density at radius 3 is 2.32 bits per heavy atom. The highest BCUT2D eigenvalue weighted by atomic mass is 16.4. The van der Waals surface area contributed by atoms with E-state index in [1.807, 2.05) is 12.2 Å². The molecule has 0 heterocycles.